The predicted molar refractivity (Wildman–Crippen MR) is 83.1 cm³/mol. The lowest BCUT2D eigenvalue weighted by Gasteiger charge is -2.43. The standard InChI is InChI=1S/C17H21N3O2/c21-10-7-14-11-18-20(12-14)13-16(22)19-17(8-4-9-17)15-5-2-1-3-6-15/h1-3,5-6,11-12,21H,4,7-10,13H2,(H,19,22). The molecule has 0 saturated heterocycles. The summed E-state index contributed by atoms with van der Waals surface area (Å²) in [6.07, 6.45) is 7.17. The highest BCUT2D eigenvalue weighted by Gasteiger charge is 2.39. The van der Waals surface area contributed by atoms with E-state index in [1.165, 1.54) is 5.56 Å². The van der Waals surface area contributed by atoms with Gasteiger partial charge in [0.25, 0.3) is 0 Å². The third-order valence-electron chi connectivity index (χ3n) is 4.30. The van der Waals surface area contributed by atoms with Crippen LogP contribution in [0.4, 0.5) is 0 Å². The number of aliphatic hydroxyl groups is 1. The predicted octanol–water partition coefficient (Wildman–Crippen LogP) is 1.61. The molecule has 5 heteroatoms. The number of carbonyl (C=O) groups is 1. The van der Waals surface area contributed by atoms with Crippen molar-refractivity contribution in [3.8, 4) is 0 Å². The second-order valence-electron chi connectivity index (χ2n) is 5.87. The number of benzene rings is 1. The lowest BCUT2D eigenvalue weighted by molar-refractivity contribution is -0.125. The SMILES string of the molecule is O=C(Cn1cc(CCO)cn1)NC1(c2ccccc2)CCC1. The zero-order valence-electron chi connectivity index (χ0n) is 12.5. The summed E-state index contributed by atoms with van der Waals surface area (Å²) in [6, 6.07) is 10.2. The lowest BCUT2D eigenvalue weighted by Crippen LogP contribution is -2.51. The summed E-state index contributed by atoms with van der Waals surface area (Å²) in [5, 5.41) is 16.3. The Morgan fingerprint density at radius 1 is 1.32 bits per heavy atom. The Balaban J connectivity index is 1.65. The van der Waals surface area contributed by atoms with Crippen molar-refractivity contribution < 1.29 is 9.90 Å². The van der Waals surface area contributed by atoms with Crippen molar-refractivity contribution >= 4 is 5.91 Å². The Hall–Kier alpha value is -2.14. The van der Waals surface area contributed by atoms with Gasteiger partial charge in [-0.3, -0.25) is 9.48 Å². The summed E-state index contributed by atoms with van der Waals surface area (Å²) in [6.45, 7) is 0.301. The first-order chi connectivity index (χ1) is 10.7. The first-order valence-electron chi connectivity index (χ1n) is 7.71. The molecule has 3 rings (SSSR count). The number of amides is 1. The van der Waals surface area contributed by atoms with Gasteiger partial charge in [0, 0.05) is 12.8 Å². The van der Waals surface area contributed by atoms with Gasteiger partial charge in [0.1, 0.15) is 6.54 Å². The molecule has 1 heterocycles. The number of rotatable bonds is 6. The van der Waals surface area contributed by atoms with Crippen LogP contribution in [-0.2, 0) is 23.3 Å². The van der Waals surface area contributed by atoms with E-state index in [9.17, 15) is 4.79 Å². The molecule has 1 amide bonds. The van der Waals surface area contributed by atoms with Crippen LogP contribution in [0, 0.1) is 0 Å². The maximum absolute atomic E-state index is 12.3. The largest absolute Gasteiger partial charge is 0.396 e. The van der Waals surface area contributed by atoms with Gasteiger partial charge in [-0.25, -0.2) is 0 Å². The van der Waals surface area contributed by atoms with Gasteiger partial charge in [0.15, 0.2) is 0 Å². The van der Waals surface area contributed by atoms with Gasteiger partial charge < -0.3 is 10.4 Å². The highest BCUT2D eigenvalue weighted by atomic mass is 16.3. The van der Waals surface area contributed by atoms with Crippen LogP contribution >= 0.6 is 0 Å². The molecule has 1 aromatic heterocycles. The Bertz CT molecular complexity index is 632. The van der Waals surface area contributed by atoms with Gasteiger partial charge in [0.05, 0.1) is 11.7 Å². The van der Waals surface area contributed by atoms with Crippen LogP contribution in [0.2, 0.25) is 0 Å². The Labute approximate surface area is 130 Å². The normalized spacial score (nSPS) is 16.0. The van der Waals surface area contributed by atoms with Gasteiger partial charge in [0.2, 0.25) is 5.91 Å². The molecular formula is C17H21N3O2. The second-order valence-corrected chi connectivity index (χ2v) is 5.87. The molecule has 5 nitrogen and oxygen atoms in total. The maximum Gasteiger partial charge on any atom is 0.242 e. The van der Waals surface area contributed by atoms with Crippen LogP contribution in [0.1, 0.15) is 30.4 Å². The molecule has 2 N–H and O–H groups in total. The minimum absolute atomic E-state index is 0.0257. The number of aromatic nitrogens is 2. The third-order valence-corrected chi connectivity index (χ3v) is 4.30. The Morgan fingerprint density at radius 3 is 2.73 bits per heavy atom. The number of nitrogens with zero attached hydrogens (tertiary/aromatic N) is 2. The molecular weight excluding hydrogens is 278 g/mol. The fourth-order valence-corrected chi connectivity index (χ4v) is 2.98. The van der Waals surface area contributed by atoms with E-state index < -0.39 is 0 Å². The van der Waals surface area contributed by atoms with Gasteiger partial charge in [-0.2, -0.15) is 5.10 Å². The van der Waals surface area contributed by atoms with Crippen molar-refractivity contribution in [2.24, 2.45) is 0 Å². The topological polar surface area (TPSA) is 67.2 Å². The molecule has 0 spiro atoms. The molecule has 1 aromatic carbocycles. The summed E-state index contributed by atoms with van der Waals surface area (Å²) in [7, 11) is 0. The fraction of sp³-hybridized carbons (Fsp3) is 0.412. The third kappa shape index (κ3) is 3.04. The molecule has 1 aliphatic rings. The van der Waals surface area contributed by atoms with Crippen LogP contribution in [0.25, 0.3) is 0 Å². The zero-order chi connectivity index (χ0) is 15.4. The van der Waals surface area contributed by atoms with Crippen LogP contribution < -0.4 is 5.32 Å². The minimum atomic E-state index is -0.209. The molecule has 0 radical (unpaired) electrons. The average Bonchev–Trinajstić information content (AvgIpc) is 2.91. The zero-order valence-corrected chi connectivity index (χ0v) is 12.5. The van der Waals surface area contributed by atoms with E-state index in [4.69, 9.17) is 5.11 Å². The highest BCUT2D eigenvalue weighted by molar-refractivity contribution is 5.77. The van der Waals surface area contributed by atoms with Gasteiger partial charge in [-0.05, 0) is 36.8 Å². The first-order valence-corrected chi connectivity index (χ1v) is 7.71. The van der Waals surface area contributed by atoms with E-state index >= 15 is 0 Å². The number of hydrogen-bond donors (Lipinski definition) is 2. The molecule has 0 aliphatic heterocycles. The van der Waals surface area contributed by atoms with E-state index in [1.807, 2.05) is 24.4 Å². The number of nitrogens with one attached hydrogen (secondary N) is 1. The molecule has 1 fully saturated rings. The fourth-order valence-electron chi connectivity index (χ4n) is 2.98. The van der Waals surface area contributed by atoms with Crippen molar-refractivity contribution in [3.05, 3.63) is 53.9 Å². The average molecular weight is 299 g/mol. The second kappa shape index (κ2) is 6.32. The monoisotopic (exact) mass is 299 g/mol. The van der Waals surface area contributed by atoms with Crippen molar-refractivity contribution in [2.75, 3.05) is 6.61 Å². The molecule has 0 bridgehead atoms. The van der Waals surface area contributed by atoms with Gasteiger partial charge in [-0.1, -0.05) is 30.3 Å². The Kier molecular flexibility index (Phi) is 4.24. The van der Waals surface area contributed by atoms with Crippen molar-refractivity contribution in [3.63, 3.8) is 0 Å². The Morgan fingerprint density at radius 2 is 2.09 bits per heavy atom. The van der Waals surface area contributed by atoms with E-state index in [-0.39, 0.29) is 24.6 Å². The van der Waals surface area contributed by atoms with Gasteiger partial charge >= 0.3 is 0 Å². The number of carbonyl (C=O) groups excluding carboxylic acids is 1. The van der Waals surface area contributed by atoms with Crippen LogP contribution in [0.15, 0.2) is 42.7 Å². The molecule has 2 aromatic rings. The quantitative estimate of drug-likeness (QED) is 0.851. The minimum Gasteiger partial charge on any atom is -0.396 e. The summed E-state index contributed by atoms with van der Waals surface area (Å²) < 4.78 is 1.62. The van der Waals surface area contributed by atoms with E-state index in [0.29, 0.717) is 6.42 Å². The van der Waals surface area contributed by atoms with Crippen molar-refractivity contribution in [1.82, 2.24) is 15.1 Å². The van der Waals surface area contributed by atoms with E-state index in [0.717, 1.165) is 24.8 Å². The first kappa shape index (κ1) is 14.8. The van der Waals surface area contributed by atoms with Crippen LogP contribution in [0.3, 0.4) is 0 Å². The molecule has 0 atom stereocenters. The summed E-state index contributed by atoms with van der Waals surface area (Å²) in [5.41, 5.74) is 1.91. The molecule has 22 heavy (non-hydrogen) atoms. The number of aliphatic hydroxyl groups excluding tert-OH is 1. The van der Waals surface area contributed by atoms with E-state index in [1.54, 1.807) is 10.9 Å². The molecule has 1 aliphatic carbocycles. The molecule has 0 unspecified atom stereocenters. The van der Waals surface area contributed by atoms with Crippen LogP contribution in [-0.4, -0.2) is 27.4 Å². The molecule has 1 saturated carbocycles. The summed E-state index contributed by atoms with van der Waals surface area (Å²) in [5.74, 6) is -0.0257. The van der Waals surface area contributed by atoms with Crippen molar-refractivity contribution in [1.29, 1.82) is 0 Å². The number of hydrogen-bond acceptors (Lipinski definition) is 3. The summed E-state index contributed by atoms with van der Waals surface area (Å²) >= 11 is 0. The smallest absolute Gasteiger partial charge is 0.242 e. The van der Waals surface area contributed by atoms with Gasteiger partial charge in [-0.15, -0.1) is 0 Å². The maximum atomic E-state index is 12.3. The van der Waals surface area contributed by atoms with Crippen molar-refractivity contribution in [2.45, 2.75) is 37.8 Å². The summed E-state index contributed by atoms with van der Waals surface area (Å²) in [4.78, 5) is 12.3. The van der Waals surface area contributed by atoms with Crippen LogP contribution in [0.5, 0.6) is 0 Å². The molecule has 116 valence electrons. The highest BCUT2D eigenvalue weighted by Crippen LogP contribution is 2.41. The lowest BCUT2D eigenvalue weighted by atomic mass is 9.72. The van der Waals surface area contributed by atoms with E-state index in [2.05, 4.69) is 22.5 Å².